The van der Waals surface area contributed by atoms with Gasteiger partial charge in [0.1, 0.15) is 12.3 Å². The van der Waals surface area contributed by atoms with Crippen molar-refractivity contribution in [2.24, 2.45) is 0 Å². The fourth-order valence-corrected chi connectivity index (χ4v) is 5.79. The number of benzene rings is 3. The molecule has 3 aromatic rings. The van der Waals surface area contributed by atoms with E-state index in [1.54, 1.807) is 7.11 Å². The summed E-state index contributed by atoms with van der Waals surface area (Å²) in [6, 6.07) is 25.7. The first-order valence-electron chi connectivity index (χ1n) is 11.3. The van der Waals surface area contributed by atoms with E-state index in [-0.39, 0.29) is 15.1 Å². The Bertz CT molecular complexity index is 1180. The molecule has 0 saturated heterocycles. The Morgan fingerprint density at radius 2 is 1.42 bits per heavy atom. The molecule has 4 rings (SSSR count). The number of methoxy groups -OCH3 is 1. The summed E-state index contributed by atoms with van der Waals surface area (Å²) < 4.78 is 7.70. The van der Waals surface area contributed by atoms with Crippen LogP contribution in [0.15, 0.2) is 78.9 Å². The van der Waals surface area contributed by atoms with Crippen molar-refractivity contribution >= 4 is 49.3 Å². The van der Waals surface area contributed by atoms with Gasteiger partial charge >= 0.3 is 0 Å². The van der Waals surface area contributed by atoms with Gasteiger partial charge in [-0.15, -0.1) is 0 Å². The minimum atomic E-state index is -0.00839. The van der Waals surface area contributed by atoms with E-state index in [9.17, 15) is 0 Å². The highest BCUT2D eigenvalue weighted by Gasteiger charge is 2.43. The standard InChI is InChI=1S/C29H30Br2NO/c1-5-32-25-9-7-6-8-24(25)29(2,3)26(32)19-12-20-10-13-21(14-11-20)27(30)28(31)22-15-17-23(33-4)18-16-22/h6-19,27-28H,5H2,1-4H3/q+1/b19-12+/t27-,28+/m1/s1. The number of alkyl halides is 2. The predicted octanol–water partition coefficient (Wildman–Crippen LogP) is 8.38. The molecule has 0 spiro atoms. The predicted molar refractivity (Wildman–Crippen MR) is 147 cm³/mol. The zero-order chi connectivity index (χ0) is 23.6. The fourth-order valence-electron chi connectivity index (χ4n) is 4.57. The van der Waals surface area contributed by atoms with Gasteiger partial charge in [0.15, 0.2) is 5.71 Å². The Morgan fingerprint density at radius 3 is 2.00 bits per heavy atom. The van der Waals surface area contributed by atoms with E-state index < -0.39 is 0 Å². The summed E-state index contributed by atoms with van der Waals surface area (Å²) in [4.78, 5) is 0.327. The van der Waals surface area contributed by atoms with Crippen LogP contribution in [0.25, 0.3) is 6.08 Å². The summed E-state index contributed by atoms with van der Waals surface area (Å²) in [5, 5.41) is 0. The minimum absolute atomic E-state index is 0.00839. The summed E-state index contributed by atoms with van der Waals surface area (Å²) in [6.07, 6.45) is 4.52. The van der Waals surface area contributed by atoms with Crippen LogP contribution in [0.1, 0.15) is 52.7 Å². The van der Waals surface area contributed by atoms with Crippen LogP contribution in [-0.2, 0) is 5.41 Å². The molecular weight excluding hydrogens is 538 g/mol. The molecule has 1 heterocycles. The highest BCUT2D eigenvalue weighted by atomic mass is 79.9. The number of hydrogen-bond donors (Lipinski definition) is 0. The van der Waals surface area contributed by atoms with E-state index in [1.807, 2.05) is 12.1 Å². The van der Waals surface area contributed by atoms with Crippen molar-refractivity contribution in [3.8, 4) is 5.75 Å². The largest absolute Gasteiger partial charge is 0.497 e. The third-order valence-electron chi connectivity index (χ3n) is 6.50. The number of nitrogens with zero attached hydrogens (tertiary/aromatic N) is 1. The zero-order valence-corrected chi connectivity index (χ0v) is 22.7. The smallest absolute Gasteiger partial charge is 0.209 e. The van der Waals surface area contributed by atoms with Gasteiger partial charge in [-0.2, -0.15) is 4.58 Å². The maximum Gasteiger partial charge on any atom is 0.209 e. The van der Waals surface area contributed by atoms with Crippen LogP contribution in [0.3, 0.4) is 0 Å². The lowest BCUT2D eigenvalue weighted by Crippen LogP contribution is -2.27. The molecule has 3 aromatic carbocycles. The molecule has 0 aliphatic carbocycles. The van der Waals surface area contributed by atoms with E-state index in [2.05, 4.69) is 130 Å². The summed E-state index contributed by atoms with van der Waals surface area (Å²) in [7, 11) is 1.69. The first-order chi connectivity index (χ1) is 15.9. The second kappa shape index (κ2) is 9.99. The van der Waals surface area contributed by atoms with Crippen LogP contribution in [0.5, 0.6) is 5.75 Å². The van der Waals surface area contributed by atoms with Crippen molar-refractivity contribution in [1.82, 2.24) is 0 Å². The molecule has 1 aliphatic heterocycles. The maximum atomic E-state index is 5.27. The van der Waals surface area contributed by atoms with Crippen molar-refractivity contribution in [1.29, 1.82) is 0 Å². The number of para-hydroxylation sites is 1. The van der Waals surface area contributed by atoms with Crippen LogP contribution in [-0.4, -0.2) is 23.9 Å². The van der Waals surface area contributed by atoms with Gasteiger partial charge in [0, 0.05) is 17.7 Å². The SMILES string of the molecule is CC[N+]1=C(/C=C/c2ccc([C@@H](Br)[C@@H](Br)c3ccc(OC)cc3)cc2)C(C)(C)c2ccccc21. The van der Waals surface area contributed by atoms with Crippen molar-refractivity contribution in [2.75, 3.05) is 13.7 Å². The molecule has 33 heavy (non-hydrogen) atoms. The molecule has 1 aliphatic rings. The number of halogens is 2. The molecule has 0 amide bonds. The zero-order valence-electron chi connectivity index (χ0n) is 19.6. The third kappa shape index (κ3) is 4.74. The summed E-state index contributed by atoms with van der Waals surface area (Å²) in [5.41, 5.74) is 7.70. The highest BCUT2D eigenvalue weighted by molar-refractivity contribution is 9.12. The lowest BCUT2D eigenvalue weighted by atomic mass is 9.81. The summed E-state index contributed by atoms with van der Waals surface area (Å²) in [5.74, 6) is 0.869. The van der Waals surface area contributed by atoms with Gasteiger partial charge in [-0.3, -0.25) is 0 Å². The quantitative estimate of drug-likeness (QED) is 0.206. The Balaban J connectivity index is 1.53. The first kappa shape index (κ1) is 24.0. The molecule has 0 aromatic heterocycles. The Kier molecular flexibility index (Phi) is 7.25. The Morgan fingerprint density at radius 1 is 0.848 bits per heavy atom. The molecule has 0 unspecified atom stereocenters. The number of rotatable bonds is 7. The van der Waals surface area contributed by atoms with E-state index in [0.29, 0.717) is 0 Å². The van der Waals surface area contributed by atoms with Crippen molar-refractivity contribution in [3.05, 3.63) is 101 Å². The van der Waals surface area contributed by atoms with Crippen LogP contribution >= 0.6 is 31.9 Å². The van der Waals surface area contributed by atoms with Crippen LogP contribution in [0, 0.1) is 0 Å². The molecule has 0 N–H and O–H groups in total. The second-order valence-corrected chi connectivity index (χ2v) is 10.8. The van der Waals surface area contributed by atoms with Crippen molar-refractivity contribution in [3.63, 3.8) is 0 Å². The Labute approximate surface area is 214 Å². The topological polar surface area (TPSA) is 12.2 Å². The van der Waals surface area contributed by atoms with Gasteiger partial charge in [-0.1, -0.05) is 86.5 Å². The molecular formula is C29H30Br2NO+. The van der Waals surface area contributed by atoms with Crippen molar-refractivity contribution in [2.45, 2.75) is 35.8 Å². The number of ether oxygens (including phenoxy) is 1. The molecule has 2 nitrogen and oxygen atoms in total. The van der Waals surface area contributed by atoms with Crippen LogP contribution < -0.4 is 4.74 Å². The molecule has 0 fully saturated rings. The molecule has 0 radical (unpaired) electrons. The molecule has 0 saturated carbocycles. The highest BCUT2D eigenvalue weighted by Crippen LogP contribution is 2.43. The first-order valence-corrected chi connectivity index (χ1v) is 13.1. The van der Waals surface area contributed by atoms with Gasteiger partial charge < -0.3 is 4.74 Å². The van der Waals surface area contributed by atoms with E-state index in [0.717, 1.165) is 12.3 Å². The Hall–Kier alpha value is -2.17. The van der Waals surface area contributed by atoms with Crippen LogP contribution in [0.2, 0.25) is 0 Å². The summed E-state index contributed by atoms with van der Waals surface area (Å²) >= 11 is 7.74. The van der Waals surface area contributed by atoms with Gasteiger partial charge in [-0.25, -0.2) is 0 Å². The minimum Gasteiger partial charge on any atom is -0.497 e. The van der Waals surface area contributed by atoms with Gasteiger partial charge in [0.2, 0.25) is 5.69 Å². The van der Waals surface area contributed by atoms with Crippen molar-refractivity contribution < 1.29 is 9.31 Å². The maximum absolute atomic E-state index is 5.27. The lowest BCUT2D eigenvalue weighted by Gasteiger charge is -2.18. The normalized spacial score (nSPS) is 16.7. The fraction of sp³-hybridized carbons (Fsp3) is 0.276. The monoisotopic (exact) mass is 566 g/mol. The number of hydrogen-bond acceptors (Lipinski definition) is 1. The van der Waals surface area contributed by atoms with E-state index >= 15 is 0 Å². The molecule has 0 bridgehead atoms. The molecule has 2 atom stereocenters. The number of allylic oxidation sites excluding steroid dienone is 1. The second-order valence-electron chi connectivity index (χ2n) is 8.85. The van der Waals surface area contributed by atoms with Gasteiger partial charge in [0.25, 0.3) is 0 Å². The lowest BCUT2D eigenvalue weighted by molar-refractivity contribution is -0.433. The summed E-state index contributed by atoms with van der Waals surface area (Å²) in [6.45, 7) is 7.81. The van der Waals surface area contributed by atoms with Gasteiger partial charge in [0.05, 0.1) is 22.2 Å². The average molecular weight is 568 g/mol. The number of fused-ring (bicyclic) bond motifs is 1. The van der Waals surface area contributed by atoms with E-state index in [4.69, 9.17) is 4.74 Å². The molecule has 170 valence electrons. The third-order valence-corrected chi connectivity index (χ3v) is 9.32. The van der Waals surface area contributed by atoms with Crippen LogP contribution in [0.4, 0.5) is 5.69 Å². The van der Waals surface area contributed by atoms with Gasteiger partial charge in [-0.05, 0) is 55.7 Å². The van der Waals surface area contributed by atoms with E-state index in [1.165, 1.54) is 33.7 Å². The molecule has 4 heteroatoms. The average Bonchev–Trinajstić information content (AvgIpc) is 3.08.